The highest BCUT2D eigenvalue weighted by Crippen LogP contribution is 2.22. The summed E-state index contributed by atoms with van der Waals surface area (Å²) in [6.45, 7) is 4.18. The third-order valence-corrected chi connectivity index (χ3v) is 5.93. The summed E-state index contributed by atoms with van der Waals surface area (Å²) in [7, 11) is 0. The summed E-state index contributed by atoms with van der Waals surface area (Å²) in [5.41, 5.74) is 2.42. The Morgan fingerprint density at radius 3 is 2.26 bits per heavy atom. The van der Waals surface area contributed by atoms with Crippen molar-refractivity contribution in [3.05, 3.63) is 90.3 Å². The van der Waals surface area contributed by atoms with Crippen LogP contribution in [0.25, 0.3) is 5.69 Å². The zero-order valence-corrected chi connectivity index (χ0v) is 18.0. The Morgan fingerprint density at radius 2 is 1.58 bits per heavy atom. The quantitative estimate of drug-likeness (QED) is 0.589. The Morgan fingerprint density at radius 1 is 0.903 bits per heavy atom. The molecule has 1 saturated heterocycles. The van der Waals surface area contributed by atoms with Crippen LogP contribution in [-0.4, -0.2) is 51.9 Å². The maximum Gasteiger partial charge on any atom is 0.254 e. The average molecular weight is 416 g/mol. The maximum atomic E-state index is 13.4. The molecule has 0 unspecified atom stereocenters. The van der Waals surface area contributed by atoms with E-state index in [4.69, 9.17) is 0 Å². The first-order valence-corrected chi connectivity index (χ1v) is 11.1. The van der Waals surface area contributed by atoms with Crippen LogP contribution in [0.3, 0.4) is 0 Å². The topological polar surface area (TPSA) is 45.6 Å². The predicted molar refractivity (Wildman–Crippen MR) is 122 cm³/mol. The Bertz CT molecular complexity index is 1010. The predicted octanol–water partition coefficient (Wildman–Crippen LogP) is 4.63. The lowest BCUT2D eigenvalue weighted by Crippen LogP contribution is -2.49. The fraction of sp³-hybridized carbons (Fsp3) is 0.308. The van der Waals surface area contributed by atoms with Crippen molar-refractivity contribution in [3.8, 4) is 5.69 Å². The Hall–Kier alpha value is -3.34. The summed E-state index contributed by atoms with van der Waals surface area (Å²) in [6.07, 6.45) is 6.48. The van der Waals surface area contributed by atoms with Crippen molar-refractivity contribution in [1.82, 2.24) is 14.4 Å². The summed E-state index contributed by atoms with van der Waals surface area (Å²) >= 11 is 0. The summed E-state index contributed by atoms with van der Waals surface area (Å²) < 4.78 is 2.01. The molecule has 0 saturated carbocycles. The molecule has 2 amide bonds. The van der Waals surface area contributed by atoms with Crippen molar-refractivity contribution in [3.63, 3.8) is 0 Å². The molecule has 0 spiro atoms. The van der Waals surface area contributed by atoms with Gasteiger partial charge in [0.05, 0.1) is 0 Å². The second kappa shape index (κ2) is 9.65. The van der Waals surface area contributed by atoms with Gasteiger partial charge in [-0.05, 0) is 61.7 Å². The van der Waals surface area contributed by atoms with Gasteiger partial charge in [-0.1, -0.05) is 31.2 Å². The number of carbonyl (C=O) groups is 2. The fourth-order valence-electron chi connectivity index (χ4n) is 4.31. The van der Waals surface area contributed by atoms with Crippen LogP contribution < -0.4 is 0 Å². The number of benzene rings is 2. The number of hydrogen-bond acceptors (Lipinski definition) is 2. The number of likely N-dealkylation sites (tertiary alicyclic amines) is 1. The highest BCUT2D eigenvalue weighted by Gasteiger charge is 2.30. The lowest BCUT2D eigenvalue weighted by atomic mass is 10.0. The standard InChI is InChI=1S/C26H29N3O2/c1-2-15-29(26(31)22-11-8-12-24(20-22)27-16-6-7-17-27)23-13-18-28(19-14-23)25(30)21-9-4-3-5-10-21/h3-12,16-17,20,23H,2,13-15,18-19H2,1H3. The molecule has 0 N–H and O–H groups in total. The SMILES string of the molecule is CCCN(C(=O)c1cccc(-n2cccc2)c1)C1CCN(C(=O)c2ccccc2)CC1. The first kappa shape index (κ1) is 20.9. The largest absolute Gasteiger partial charge is 0.338 e. The van der Waals surface area contributed by atoms with E-state index in [0.717, 1.165) is 37.1 Å². The summed E-state index contributed by atoms with van der Waals surface area (Å²) in [5.74, 6) is 0.149. The van der Waals surface area contributed by atoms with Gasteiger partial charge in [-0.25, -0.2) is 0 Å². The van der Waals surface area contributed by atoms with Crippen molar-refractivity contribution < 1.29 is 9.59 Å². The van der Waals surface area contributed by atoms with Crippen LogP contribution in [0.2, 0.25) is 0 Å². The average Bonchev–Trinajstić information content (AvgIpc) is 3.38. The molecule has 0 aliphatic carbocycles. The normalized spacial score (nSPS) is 14.4. The molecule has 4 rings (SSSR count). The van der Waals surface area contributed by atoms with Crippen LogP contribution >= 0.6 is 0 Å². The third kappa shape index (κ3) is 4.71. The van der Waals surface area contributed by atoms with Gasteiger partial charge in [-0.2, -0.15) is 0 Å². The van der Waals surface area contributed by atoms with E-state index in [-0.39, 0.29) is 17.9 Å². The smallest absolute Gasteiger partial charge is 0.254 e. The number of aromatic nitrogens is 1. The van der Waals surface area contributed by atoms with Gasteiger partial charge in [0.15, 0.2) is 0 Å². The van der Waals surface area contributed by atoms with Crippen LogP contribution in [0.5, 0.6) is 0 Å². The zero-order chi connectivity index (χ0) is 21.6. The molecule has 0 radical (unpaired) electrons. The molecule has 5 nitrogen and oxygen atoms in total. The van der Waals surface area contributed by atoms with Gasteiger partial charge < -0.3 is 14.4 Å². The van der Waals surface area contributed by atoms with Crippen molar-refractivity contribution in [2.45, 2.75) is 32.2 Å². The highest BCUT2D eigenvalue weighted by atomic mass is 16.2. The van der Waals surface area contributed by atoms with Gasteiger partial charge >= 0.3 is 0 Å². The Kier molecular flexibility index (Phi) is 6.51. The number of amides is 2. The number of nitrogens with zero attached hydrogens (tertiary/aromatic N) is 3. The molecule has 31 heavy (non-hydrogen) atoms. The molecule has 1 aromatic heterocycles. The first-order valence-electron chi connectivity index (χ1n) is 11.1. The second-order valence-electron chi connectivity index (χ2n) is 8.03. The monoisotopic (exact) mass is 415 g/mol. The molecular formula is C26H29N3O2. The number of hydrogen-bond donors (Lipinski definition) is 0. The molecule has 160 valence electrons. The van der Waals surface area contributed by atoms with E-state index < -0.39 is 0 Å². The molecule has 2 aromatic carbocycles. The maximum absolute atomic E-state index is 13.4. The molecule has 0 bridgehead atoms. The summed E-state index contributed by atoms with van der Waals surface area (Å²) in [4.78, 5) is 30.1. The second-order valence-corrected chi connectivity index (χ2v) is 8.03. The van der Waals surface area contributed by atoms with Crippen LogP contribution in [0.1, 0.15) is 46.9 Å². The molecule has 5 heteroatoms. The van der Waals surface area contributed by atoms with Crippen LogP contribution in [0.15, 0.2) is 79.1 Å². The lowest BCUT2D eigenvalue weighted by molar-refractivity contribution is 0.0519. The molecule has 2 heterocycles. The third-order valence-electron chi connectivity index (χ3n) is 5.93. The Balaban J connectivity index is 1.45. The summed E-state index contributed by atoms with van der Waals surface area (Å²) in [6, 6.07) is 21.3. The van der Waals surface area contributed by atoms with Gasteiger partial charge in [0.25, 0.3) is 11.8 Å². The van der Waals surface area contributed by atoms with E-state index >= 15 is 0 Å². The Labute approximate surface area is 183 Å². The molecule has 1 aliphatic heterocycles. The summed E-state index contributed by atoms with van der Waals surface area (Å²) in [5, 5.41) is 0. The van der Waals surface area contributed by atoms with Crippen LogP contribution in [-0.2, 0) is 0 Å². The van der Waals surface area contributed by atoms with E-state index in [2.05, 4.69) is 6.92 Å². The minimum atomic E-state index is 0.0729. The van der Waals surface area contributed by atoms with Crippen molar-refractivity contribution in [2.75, 3.05) is 19.6 Å². The highest BCUT2D eigenvalue weighted by molar-refractivity contribution is 5.95. The van der Waals surface area contributed by atoms with E-state index in [1.165, 1.54) is 0 Å². The minimum Gasteiger partial charge on any atom is -0.338 e. The minimum absolute atomic E-state index is 0.0729. The first-order chi connectivity index (χ1) is 15.2. The lowest BCUT2D eigenvalue weighted by Gasteiger charge is -2.38. The van der Waals surface area contributed by atoms with Gasteiger partial charge in [-0.3, -0.25) is 9.59 Å². The van der Waals surface area contributed by atoms with E-state index in [1.807, 2.05) is 93.5 Å². The van der Waals surface area contributed by atoms with E-state index in [1.54, 1.807) is 0 Å². The van der Waals surface area contributed by atoms with Crippen LogP contribution in [0, 0.1) is 0 Å². The van der Waals surface area contributed by atoms with Gasteiger partial charge in [-0.15, -0.1) is 0 Å². The number of rotatable bonds is 6. The van der Waals surface area contributed by atoms with E-state index in [0.29, 0.717) is 18.7 Å². The van der Waals surface area contributed by atoms with Gasteiger partial charge in [0.2, 0.25) is 0 Å². The van der Waals surface area contributed by atoms with Gasteiger partial charge in [0.1, 0.15) is 0 Å². The molecule has 1 aliphatic rings. The van der Waals surface area contributed by atoms with Gasteiger partial charge in [0, 0.05) is 54.9 Å². The molecule has 3 aromatic rings. The fourth-order valence-corrected chi connectivity index (χ4v) is 4.31. The van der Waals surface area contributed by atoms with Crippen molar-refractivity contribution in [1.29, 1.82) is 0 Å². The number of piperidine rings is 1. The van der Waals surface area contributed by atoms with Crippen molar-refractivity contribution >= 4 is 11.8 Å². The van der Waals surface area contributed by atoms with Crippen molar-refractivity contribution in [2.24, 2.45) is 0 Å². The molecule has 0 atom stereocenters. The molecule has 1 fully saturated rings. The van der Waals surface area contributed by atoms with E-state index in [9.17, 15) is 9.59 Å². The van der Waals surface area contributed by atoms with Crippen LogP contribution in [0.4, 0.5) is 0 Å². The number of carbonyl (C=O) groups excluding carboxylic acids is 2. The zero-order valence-electron chi connectivity index (χ0n) is 18.0. The molecular weight excluding hydrogens is 386 g/mol.